The summed E-state index contributed by atoms with van der Waals surface area (Å²) in [5.74, 6) is 0. The Labute approximate surface area is 158 Å². The highest BCUT2D eigenvalue weighted by molar-refractivity contribution is 7.66. The molecule has 1 fully saturated rings. The number of rotatable bonds is 8. The van der Waals surface area contributed by atoms with Gasteiger partial charge >= 0.3 is 29.2 Å². The monoisotopic (exact) mass is 485 g/mol. The molecule has 7 N–H and O–H groups in total. The molecule has 2 rings (SSSR count). The van der Waals surface area contributed by atoms with Crippen LogP contribution in [0.5, 0.6) is 0 Å². The van der Waals surface area contributed by atoms with Gasteiger partial charge in [-0.05, 0) is 0 Å². The van der Waals surface area contributed by atoms with Gasteiger partial charge in [0.25, 0.3) is 5.56 Å². The Bertz CT molecular complexity index is 999. The SMILES string of the molecule is O=c1ccn(N2O[C@H](COP(=O)(O)OP(=O)(O)OP(=O)(O)O)[C@@H](O)[C@H]2O)c(=O)[nH]1. The lowest BCUT2D eigenvalue weighted by Gasteiger charge is -2.21. The molecule has 0 aromatic carbocycles. The zero-order valence-corrected chi connectivity index (χ0v) is 16.4. The maximum atomic E-state index is 11.7. The fourth-order valence-corrected chi connectivity index (χ4v) is 4.96. The van der Waals surface area contributed by atoms with Crippen LogP contribution in [0, 0.1) is 0 Å². The third-order valence-electron chi connectivity index (χ3n) is 2.99. The summed E-state index contributed by atoms with van der Waals surface area (Å²) in [5, 5.41) is 20.2. The summed E-state index contributed by atoms with van der Waals surface area (Å²) in [7, 11) is -16.8. The van der Waals surface area contributed by atoms with Gasteiger partial charge in [0.05, 0.1) is 6.61 Å². The van der Waals surface area contributed by atoms with Crippen LogP contribution >= 0.6 is 23.5 Å². The van der Waals surface area contributed by atoms with Gasteiger partial charge in [0.15, 0.2) is 6.23 Å². The van der Waals surface area contributed by atoms with Crippen LogP contribution in [0.25, 0.3) is 0 Å². The van der Waals surface area contributed by atoms with Gasteiger partial charge in [-0.25, -0.2) is 23.3 Å². The lowest BCUT2D eigenvalue weighted by atomic mass is 10.2. The van der Waals surface area contributed by atoms with Gasteiger partial charge < -0.3 is 29.8 Å². The Kier molecular flexibility index (Phi) is 7.04. The lowest BCUT2D eigenvalue weighted by Crippen LogP contribution is -2.48. The van der Waals surface area contributed by atoms with E-state index in [9.17, 15) is 38.4 Å². The largest absolute Gasteiger partial charge is 0.490 e. The standard InChI is InChI=1S/C8H14N3O15P3/c12-5-1-2-10(8(15)9-5)11-7(14)6(13)4(24-11)3-23-28(19,20)26-29(21,22)25-27(16,17)18/h1-2,4,6-7,13-14H,3H2,(H,19,20)(H,21,22)(H,9,12,15)(H2,16,17,18)/t4-,6-,7-/m1/s1. The van der Waals surface area contributed by atoms with Crippen LogP contribution in [0.15, 0.2) is 21.9 Å². The summed E-state index contributed by atoms with van der Waals surface area (Å²) in [6.07, 6.45) is -4.55. The van der Waals surface area contributed by atoms with E-state index in [1.807, 2.05) is 4.98 Å². The predicted molar refractivity (Wildman–Crippen MR) is 86.2 cm³/mol. The number of hydroxylamine groups is 1. The molecule has 1 saturated heterocycles. The van der Waals surface area contributed by atoms with Crippen molar-refractivity contribution in [3.05, 3.63) is 33.1 Å². The summed E-state index contributed by atoms with van der Waals surface area (Å²) >= 11 is 0. The number of aliphatic hydroxyl groups excluding tert-OH is 2. The zero-order valence-electron chi connectivity index (χ0n) is 13.7. The highest BCUT2D eigenvalue weighted by Crippen LogP contribution is 2.66. The van der Waals surface area contributed by atoms with Gasteiger partial charge in [-0.1, -0.05) is 0 Å². The number of nitrogens with zero attached hydrogens (tertiary/aromatic N) is 2. The fraction of sp³-hybridized carbons (Fsp3) is 0.500. The average Bonchev–Trinajstić information content (AvgIpc) is 2.78. The van der Waals surface area contributed by atoms with Crippen molar-refractivity contribution in [2.45, 2.75) is 18.4 Å². The van der Waals surface area contributed by atoms with E-state index in [0.717, 1.165) is 12.3 Å². The second-order valence-corrected chi connectivity index (χ2v) is 9.61. The van der Waals surface area contributed by atoms with Crippen molar-refractivity contribution in [1.82, 2.24) is 9.66 Å². The maximum Gasteiger partial charge on any atom is 0.490 e. The van der Waals surface area contributed by atoms with Crippen LogP contribution in [0.2, 0.25) is 0 Å². The minimum Gasteiger partial charge on any atom is -0.385 e. The molecule has 0 aliphatic carbocycles. The number of phosphoric acid groups is 3. The Morgan fingerprint density at radius 2 is 1.69 bits per heavy atom. The summed E-state index contributed by atoms with van der Waals surface area (Å²) < 4.78 is 45.2. The van der Waals surface area contributed by atoms with E-state index in [0.29, 0.717) is 9.85 Å². The molecular weight excluding hydrogens is 471 g/mol. The van der Waals surface area contributed by atoms with E-state index in [1.54, 1.807) is 0 Å². The maximum absolute atomic E-state index is 11.7. The number of nitrogens with one attached hydrogen (secondary N) is 1. The first-order valence-corrected chi connectivity index (χ1v) is 11.6. The van der Waals surface area contributed by atoms with E-state index in [2.05, 4.69) is 13.1 Å². The minimum atomic E-state index is -5.74. The van der Waals surface area contributed by atoms with Gasteiger partial charge in [-0.15, -0.1) is 0 Å². The Hall–Kier alpha value is -1.23. The molecule has 0 bridgehead atoms. The van der Waals surface area contributed by atoms with Gasteiger partial charge in [0.2, 0.25) is 0 Å². The van der Waals surface area contributed by atoms with E-state index in [4.69, 9.17) is 19.5 Å². The van der Waals surface area contributed by atoms with Crippen molar-refractivity contribution >= 4 is 23.5 Å². The highest BCUT2D eigenvalue weighted by Gasteiger charge is 2.46. The first-order chi connectivity index (χ1) is 13.1. The molecular formula is C8H14N3O15P3. The van der Waals surface area contributed by atoms with Crippen molar-refractivity contribution in [3.8, 4) is 0 Å². The third kappa shape index (κ3) is 6.63. The quantitative estimate of drug-likeness (QED) is 0.179. The van der Waals surface area contributed by atoms with Gasteiger partial charge in [0, 0.05) is 12.3 Å². The molecule has 29 heavy (non-hydrogen) atoms. The molecule has 166 valence electrons. The Morgan fingerprint density at radius 3 is 2.24 bits per heavy atom. The second-order valence-electron chi connectivity index (χ2n) is 5.19. The highest BCUT2D eigenvalue weighted by atomic mass is 31.3. The van der Waals surface area contributed by atoms with Crippen LogP contribution in [0.4, 0.5) is 0 Å². The van der Waals surface area contributed by atoms with E-state index < -0.39 is 59.8 Å². The number of aromatic nitrogens is 2. The van der Waals surface area contributed by atoms with Crippen LogP contribution in [0.1, 0.15) is 0 Å². The van der Waals surface area contributed by atoms with E-state index in [-0.39, 0.29) is 0 Å². The van der Waals surface area contributed by atoms with Crippen LogP contribution in [0.3, 0.4) is 0 Å². The van der Waals surface area contributed by atoms with E-state index in [1.165, 1.54) is 0 Å². The molecule has 21 heteroatoms. The first-order valence-electron chi connectivity index (χ1n) is 7.03. The topological polar surface area (TPSA) is 268 Å². The molecule has 1 aromatic rings. The number of aromatic amines is 1. The number of aliphatic hydroxyl groups is 2. The molecule has 1 aromatic heterocycles. The lowest BCUT2D eigenvalue weighted by molar-refractivity contribution is -0.0230. The van der Waals surface area contributed by atoms with Crippen molar-refractivity contribution in [2.75, 3.05) is 11.8 Å². The van der Waals surface area contributed by atoms with Gasteiger partial charge in [-0.3, -0.25) is 14.3 Å². The molecule has 0 amide bonds. The fourth-order valence-electron chi connectivity index (χ4n) is 1.93. The zero-order chi connectivity index (χ0) is 22.2. The number of hydrogen-bond donors (Lipinski definition) is 7. The molecule has 1 aliphatic heterocycles. The molecule has 2 heterocycles. The van der Waals surface area contributed by atoms with Gasteiger partial charge in [-0.2, -0.15) is 18.5 Å². The summed E-state index contributed by atoms with van der Waals surface area (Å²) in [5.41, 5.74) is -1.85. The number of H-pyrrole nitrogens is 1. The Balaban J connectivity index is 2.06. The van der Waals surface area contributed by atoms with Crippen LogP contribution in [-0.4, -0.2) is 64.5 Å². The van der Waals surface area contributed by atoms with Crippen molar-refractivity contribution in [1.29, 1.82) is 0 Å². The number of hydrogen-bond acceptors (Lipinski definition) is 12. The minimum absolute atomic E-state index is 0.397. The average molecular weight is 485 g/mol. The molecule has 1 aliphatic rings. The molecule has 0 radical (unpaired) electrons. The van der Waals surface area contributed by atoms with Crippen molar-refractivity contribution in [3.63, 3.8) is 0 Å². The smallest absolute Gasteiger partial charge is 0.385 e. The molecule has 2 unspecified atom stereocenters. The molecule has 18 nitrogen and oxygen atoms in total. The molecule has 5 atom stereocenters. The summed E-state index contributed by atoms with van der Waals surface area (Å²) in [4.78, 5) is 64.8. The van der Waals surface area contributed by atoms with Gasteiger partial charge in [0.1, 0.15) is 12.2 Å². The normalized spacial score (nSPS) is 26.8. The second kappa shape index (κ2) is 8.49. The Morgan fingerprint density at radius 1 is 1.07 bits per heavy atom. The summed E-state index contributed by atoms with van der Waals surface area (Å²) in [6, 6.07) is 0.878. The molecule has 0 spiro atoms. The summed E-state index contributed by atoms with van der Waals surface area (Å²) in [6.45, 7) is -1.09. The first kappa shape index (κ1) is 24.0. The van der Waals surface area contributed by atoms with Crippen LogP contribution < -0.4 is 16.4 Å². The van der Waals surface area contributed by atoms with Crippen molar-refractivity contribution < 1.29 is 61.5 Å². The number of phosphoric ester groups is 1. The van der Waals surface area contributed by atoms with Crippen molar-refractivity contribution in [2.24, 2.45) is 0 Å². The molecule has 0 saturated carbocycles. The third-order valence-corrected chi connectivity index (χ3v) is 6.79. The van der Waals surface area contributed by atoms with Crippen LogP contribution in [-0.2, 0) is 31.7 Å². The predicted octanol–water partition coefficient (Wildman–Crippen LogP) is -3.19. The van der Waals surface area contributed by atoms with E-state index >= 15 is 0 Å².